The molecule has 0 radical (unpaired) electrons. The number of nitrogens with one attached hydrogen (secondary N) is 1. The second-order valence-corrected chi connectivity index (χ2v) is 7.76. The molecular formula is C24H20F2N4O2. The van der Waals surface area contributed by atoms with Crippen LogP contribution in [0.2, 0.25) is 0 Å². The SMILES string of the molecule is O=C(c1cccc(-c2ccn[nH]2)c1)N1CCC(F)(F)C(Oc2ccc3ccccc3n2)C1. The van der Waals surface area contributed by atoms with Gasteiger partial charge in [0.15, 0.2) is 6.10 Å². The Morgan fingerprint density at radius 2 is 1.97 bits per heavy atom. The standard InChI is InChI=1S/C24H20F2N4O2/c25-24(26)11-13-30(23(31)18-6-3-5-17(14-18)20-10-12-27-29-20)15-21(24)32-22-9-8-16-4-1-2-7-19(16)28-22/h1-10,12,14,21H,11,13,15H2,(H,27,29). The van der Waals surface area contributed by atoms with Gasteiger partial charge in [-0.3, -0.25) is 9.89 Å². The van der Waals surface area contributed by atoms with Crippen molar-refractivity contribution in [3.8, 4) is 17.1 Å². The van der Waals surface area contributed by atoms with E-state index in [4.69, 9.17) is 4.74 Å². The van der Waals surface area contributed by atoms with Crippen LogP contribution >= 0.6 is 0 Å². The largest absolute Gasteiger partial charge is 0.466 e. The summed E-state index contributed by atoms with van der Waals surface area (Å²) in [5.74, 6) is -3.27. The van der Waals surface area contributed by atoms with Crippen molar-refractivity contribution >= 4 is 16.8 Å². The zero-order valence-corrected chi connectivity index (χ0v) is 17.0. The number of para-hydroxylation sites is 1. The van der Waals surface area contributed by atoms with Gasteiger partial charge < -0.3 is 9.64 Å². The van der Waals surface area contributed by atoms with Gasteiger partial charge in [-0.25, -0.2) is 13.8 Å². The van der Waals surface area contributed by atoms with Crippen LogP contribution < -0.4 is 4.74 Å². The number of carbonyl (C=O) groups is 1. The molecule has 5 rings (SSSR count). The summed E-state index contributed by atoms with van der Waals surface area (Å²) >= 11 is 0. The van der Waals surface area contributed by atoms with Crippen molar-refractivity contribution in [3.05, 3.63) is 78.5 Å². The fraction of sp³-hybridized carbons (Fsp3) is 0.208. The number of fused-ring (bicyclic) bond motifs is 1. The smallest absolute Gasteiger partial charge is 0.287 e. The second-order valence-electron chi connectivity index (χ2n) is 7.76. The van der Waals surface area contributed by atoms with Gasteiger partial charge in [0.2, 0.25) is 5.88 Å². The van der Waals surface area contributed by atoms with Gasteiger partial charge in [0, 0.05) is 41.7 Å². The molecule has 2 aromatic heterocycles. The predicted molar refractivity (Wildman–Crippen MR) is 116 cm³/mol. The summed E-state index contributed by atoms with van der Waals surface area (Å²) in [4.78, 5) is 18.8. The third-order valence-corrected chi connectivity index (χ3v) is 5.62. The third kappa shape index (κ3) is 3.91. The van der Waals surface area contributed by atoms with Gasteiger partial charge in [-0.05, 0) is 30.3 Å². The lowest BCUT2D eigenvalue weighted by Gasteiger charge is -2.38. The van der Waals surface area contributed by atoms with Gasteiger partial charge in [0.1, 0.15) is 0 Å². The van der Waals surface area contributed by atoms with Crippen molar-refractivity contribution in [2.75, 3.05) is 13.1 Å². The number of aromatic amines is 1. The lowest BCUT2D eigenvalue weighted by molar-refractivity contribution is -0.131. The van der Waals surface area contributed by atoms with Crippen LogP contribution in [0.5, 0.6) is 5.88 Å². The maximum atomic E-state index is 14.7. The average Bonchev–Trinajstić information content (AvgIpc) is 3.35. The number of carbonyl (C=O) groups excluding carboxylic acids is 1. The molecule has 2 aromatic carbocycles. The lowest BCUT2D eigenvalue weighted by Crippen LogP contribution is -2.55. The van der Waals surface area contributed by atoms with E-state index < -0.39 is 18.4 Å². The molecule has 32 heavy (non-hydrogen) atoms. The molecule has 8 heteroatoms. The van der Waals surface area contributed by atoms with Crippen molar-refractivity contribution < 1.29 is 18.3 Å². The number of alkyl halides is 2. The van der Waals surface area contributed by atoms with Crippen LogP contribution in [-0.2, 0) is 0 Å². The molecule has 1 amide bonds. The van der Waals surface area contributed by atoms with Crippen LogP contribution in [0.15, 0.2) is 72.9 Å². The second kappa shape index (κ2) is 8.03. The van der Waals surface area contributed by atoms with Crippen LogP contribution in [0, 0.1) is 0 Å². The summed E-state index contributed by atoms with van der Waals surface area (Å²) in [5.41, 5.74) is 2.65. The van der Waals surface area contributed by atoms with Crippen molar-refractivity contribution in [1.29, 1.82) is 0 Å². The highest BCUT2D eigenvalue weighted by Crippen LogP contribution is 2.32. The summed E-state index contributed by atoms with van der Waals surface area (Å²) < 4.78 is 34.9. The van der Waals surface area contributed by atoms with E-state index in [1.165, 1.54) is 4.90 Å². The van der Waals surface area contributed by atoms with E-state index in [2.05, 4.69) is 15.2 Å². The topological polar surface area (TPSA) is 71.1 Å². The number of amides is 1. The molecule has 1 N–H and O–H groups in total. The summed E-state index contributed by atoms with van der Waals surface area (Å²) in [7, 11) is 0. The Hall–Kier alpha value is -3.81. The molecule has 0 spiro atoms. The minimum absolute atomic E-state index is 0.0505. The Morgan fingerprint density at radius 1 is 1.09 bits per heavy atom. The van der Waals surface area contributed by atoms with Crippen LogP contribution in [0.4, 0.5) is 8.78 Å². The molecule has 162 valence electrons. The Labute approximate surface area is 182 Å². The Morgan fingerprint density at radius 3 is 2.81 bits per heavy atom. The summed E-state index contributed by atoms with van der Waals surface area (Å²) in [6.45, 7) is -0.278. The minimum atomic E-state index is -3.07. The Kier molecular flexibility index (Phi) is 5.05. The molecule has 1 atom stereocenters. The number of halogens is 2. The molecular weight excluding hydrogens is 414 g/mol. The van der Waals surface area contributed by atoms with Crippen LogP contribution in [0.25, 0.3) is 22.2 Å². The Balaban J connectivity index is 1.36. The highest BCUT2D eigenvalue weighted by molar-refractivity contribution is 5.95. The normalized spacial score (nSPS) is 17.9. The molecule has 1 saturated heterocycles. The average molecular weight is 434 g/mol. The molecule has 0 bridgehead atoms. The van der Waals surface area contributed by atoms with Crippen molar-refractivity contribution in [2.24, 2.45) is 0 Å². The number of hydrogen-bond donors (Lipinski definition) is 1. The number of benzene rings is 2. The number of H-pyrrole nitrogens is 1. The fourth-order valence-corrected chi connectivity index (χ4v) is 3.86. The first-order valence-corrected chi connectivity index (χ1v) is 10.3. The zero-order chi connectivity index (χ0) is 22.1. The first-order chi connectivity index (χ1) is 15.5. The van der Waals surface area contributed by atoms with Crippen LogP contribution in [-0.4, -0.2) is 51.1 Å². The molecule has 4 aromatic rings. The molecule has 1 unspecified atom stereocenters. The highest BCUT2D eigenvalue weighted by atomic mass is 19.3. The van der Waals surface area contributed by atoms with E-state index in [-0.39, 0.29) is 24.9 Å². The molecule has 3 heterocycles. The molecule has 1 aliphatic rings. The van der Waals surface area contributed by atoms with E-state index in [0.29, 0.717) is 11.1 Å². The quantitative estimate of drug-likeness (QED) is 0.511. The number of likely N-dealkylation sites (tertiary alicyclic amines) is 1. The van der Waals surface area contributed by atoms with Crippen LogP contribution in [0.3, 0.4) is 0 Å². The summed E-state index contributed by atoms with van der Waals surface area (Å²) in [6, 6.07) is 19.6. The van der Waals surface area contributed by atoms with Crippen molar-refractivity contribution in [3.63, 3.8) is 0 Å². The van der Waals surface area contributed by atoms with E-state index >= 15 is 0 Å². The van der Waals surface area contributed by atoms with E-state index in [1.54, 1.807) is 48.7 Å². The van der Waals surface area contributed by atoms with E-state index in [9.17, 15) is 13.6 Å². The third-order valence-electron chi connectivity index (χ3n) is 5.62. The van der Waals surface area contributed by atoms with Gasteiger partial charge in [0.25, 0.3) is 11.8 Å². The molecule has 1 aliphatic heterocycles. The summed E-state index contributed by atoms with van der Waals surface area (Å²) in [5, 5.41) is 7.67. The maximum Gasteiger partial charge on any atom is 0.287 e. The van der Waals surface area contributed by atoms with E-state index in [1.807, 2.05) is 24.3 Å². The number of piperidine rings is 1. The minimum Gasteiger partial charge on any atom is -0.466 e. The first kappa shape index (κ1) is 20.1. The van der Waals surface area contributed by atoms with E-state index in [0.717, 1.165) is 16.6 Å². The van der Waals surface area contributed by atoms with Crippen molar-refractivity contribution in [1.82, 2.24) is 20.1 Å². The lowest BCUT2D eigenvalue weighted by atomic mass is 10.0. The fourth-order valence-electron chi connectivity index (χ4n) is 3.86. The van der Waals surface area contributed by atoms with Gasteiger partial charge in [-0.1, -0.05) is 30.3 Å². The Bertz CT molecular complexity index is 1260. The number of nitrogens with zero attached hydrogens (tertiary/aromatic N) is 3. The van der Waals surface area contributed by atoms with Gasteiger partial charge >= 0.3 is 0 Å². The van der Waals surface area contributed by atoms with Gasteiger partial charge in [-0.2, -0.15) is 5.10 Å². The number of ether oxygens (including phenoxy) is 1. The van der Waals surface area contributed by atoms with Gasteiger partial charge in [-0.15, -0.1) is 0 Å². The molecule has 1 fully saturated rings. The molecule has 0 aliphatic carbocycles. The first-order valence-electron chi connectivity index (χ1n) is 10.3. The monoisotopic (exact) mass is 434 g/mol. The number of rotatable bonds is 4. The summed E-state index contributed by atoms with van der Waals surface area (Å²) in [6.07, 6.45) is -0.332. The van der Waals surface area contributed by atoms with Gasteiger partial charge in [0.05, 0.1) is 17.8 Å². The molecule has 6 nitrogen and oxygen atoms in total. The van der Waals surface area contributed by atoms with Crippen LogP contribution in [0.1, 0.15) is 16.8 Å². The predicted octanol–water partition coefficient (Wildman–Crippen LogP) is 4.55. The van der Waals surface area contributed by atoms with Crippen molar-refractivity contribution in [2.45, 2.75) is 18.4 Å². The zero-order valence-electron chi connectivity index (χ0n) is 17.0. The highest BCUT2D eigenvalue weighted by Gasteiger charge is 2.47. The number of pyridine rings is 1. The maximum absolute atomic E-state index is 14.7. The molecule has 0 saturated carbocycles. The number of hydrogen-bond acceptors (Lipinski definition) is 4. The number of aromatic nitrogens is 3.